The lowest BCUT2D eigenvalue weighted by Gasteiger charge is -2.11. The molecule has 0 saturated heterocycles. The van der Waals surface area contributed by atoms with Crippen molar-refractivity contribution < 1.29 is 0 Å². The number of hydrogen-bond donors (Lipinski definition) is 1. The molecule has 2 rings (SSSR count). The van der Waals surface area contributed by atoms with Crippen molar-refractivity contribution in [2.24, 2.45) is 5.73 Å². The van der Waals surface area contributed by atoms with Gasteiger partial charge in [0, 0.05) is 6.04 Å². The van der Waals surface area contributed by atoms with E-state index in [0.717, 1.165) is 23.1 Å². The fraction of sp³-hybridized carbons (Fsp3) is 0.200. The fourth-order valence-corrected chi connectivity index (χ4v) is 2.16. The first-order valence-electron chi connectivity index (χ1n) is 5.92. The maximum Gasteiger partial charge on any atom is 0.0598 e. The Bertz CT molecular complexity index is 552. The van der Waals surface area contributed by atoms with E-state index in [0.29, 0.717) is 10.0 Å². The summed E-state index contributed by atoms with van der Waals surface area (Å²) in [6.45, 7) is 2.08. The maximum absolute atomic E-state index is 6.05. The van der Waals surface area contributed by atoms with Crippen LogP contribution in [0.3, 0.4) is 0 Å². The Morgan fingerprint density at radius 3 is 2.39 bits per heavy atom. The standard InChI is InChI=1S/C15H15Cl2N/c1-2-15(18)12-5-3-4-10(8-12)11-6-7-13(16)14(17)9-11/h3-9,15H,2,18H2,1H3. The monoisotopic (exact) mass is 279 g/mol. The van der Waals surface area contributed by atoms with Crippen LogP contribution in [0.2, 0.25) is 10.0 Å². The highest BCUT2D eigenvalue weighted by atomic mass is 35.5. The molecule has 2 aromatic carbocycles. The van der Waals surface area contributed by atoms with Gasteiger partial charge in [-0.1, -0.05) is 54.4 Å². The van der Waals surface area contributed by atoms with Gasteiger partial charge in [-0.2, -0.15) is 0 Å². The number of benzene rings is 2. The van der Waals surface area contributed by atoms with Gasteiger partial charge in [-0.05, 0) is 41.3 Å². The first kappa shape index (κ1) is 13.4. The van der Waals surface area contributed by atoms with Crippen molar-refractivity contribution in [3.8, 4) is 11.1 Å². The van der Waals surface area contributed by atoms with E-state index in [4.69, 9.17) is 28.9 Å². The van der Waals surface area contributed by atoms with E-state index in [1.807, 2.05) is 30.3 Å². The molecule has 0 heterocycles. The summed E-state index contributed by atoms with van der Waals surface area (Å²) in [6, 6.07) is 13.9. The first-order valence-corrected chi connectivity index (χ1v) is 6.68. The van der Waals surface area contributed by atoms with Gasteiger partial charge in [0.15, 0.2) is 0 Å². The normalized spacial score (nSPS) is 12.4. The number of rotatable bonds is 3. The topological polar surface area (TPSA) is 26.0 Å². The quantitative estimate of drug-likeness (QED) is 0.834. The van der Waals surface area contributed by atoms with Crippen LogP contribution in [-0.2, 0) is 0 Å². The average molecular weight is 280 g/mol. The van der Waals surface area contributed by atoms with Gasteiger partial charge in [0.05, 0.1) is 10.0 Å². The molecule has 94 valence electrons. The Morgan fingerprint density at radius 1 is 1.00 bits per heavy atom. The van der Waals surface area contributed by atoms with Crippen molar-refractivity contribution in [3.05, 3.63) is 58.1 Å². The van der Waals surface area contributed by atoms with Gasteiger partial charge in [0.2, 0.25) is 0 Å². The van der Waals surface area contributed by atoms with Gasteiger partial charge >= 0.3 is 0 Å². The van der Waals surface area contributed by atoms with Gasteiger partial charge in [0.1, 0.15) is 0 Å². The minimum Gasteiger partial charge on any atom is -0.324 e. The molecule has 3 heteroatoms. The minimum absolute atomic E-state index is 0.0766. The zero-order valence-corrected chi connectivity index (χ0v) is 11.7. The lowest BCUT2D eigenvalue weighted by Crippen LogP contribution is -2.08. The van der Waals surface area contributed by atoms with E-state index < -0.39 is 0 Å². The summed E-state index contributed by atoms with van der Waals surface area (Å²) in [5.74, 6) is 0. The molecular weight excluding hydrogens is 265 g/mol. The van der Waals surface area contributed by atoms with Crippen LogP contribution >= 0.6 is 23.2 Å². The molecule has 0 spiro atoms. The lowest BCUT2D eigenvalue weighted by atomic mass is 9.99. The Hall–Kier alpha value is -1.02. The first-order chi connectivity index (χ1) is 8.61. The van der Waals surface area contributed by atoms with Gasteiger partial charge < -0.3 is 5.73 Å². The van der Waals surface area contributed by atoms with E-state index in [1.165, 1.54) is 0 Å². The molecule has 0 saturated carbocycles. The van der Waals surface area contributed by atoms with E-state index >= 15 is 0 Å². The van der Waals surface area contributed by atoms with Crippen LogP contribution in [0.15, 0.2) is 42.5 Å². The van der Waals surface area contributed by atoms with E-state index in [1.54, 1.807) is 0 Å². The smallest absolute Gasteiger partial charge is 0.0598 e. The summed E-state index contributed by atoms with van der Waals surface area (Å²) >= 11 is 12.0. The predicted molar refractivity (Wildman–Crippen MR) is 79.1 cm³/mol. The van der Waals surface area contributed by atoms with Crippen molar-refractivity contribution in [2.75, 3.05) is 0 Å². The third-order valence-corrected chi connectivity index (χ3v) is 3.75. The predicted octanol–water partition coefficient (Wildman–Crippen LogP) is 5.07. The van der Waals surface area contributed by atoms with Crippen molar-refractivity contribution in [1.82, 2.24) is 0 Å². The fourth-order valence-electron chi connectivity index (χ4n) is 1.86. The Labute approximate surface area is 118 Å². The molecule has 0 aliphatic rings. The second kappa shape index (κ2) is 5.75. The van der Waals surface area contributed by atoms with Gasteiger partial charge in [0.25, 0.3) is 0 Å². The molecule has 0 amide bonds. The molecule has 2 N–H and O–H groups in total. The highest BCUT2D eigenvalue weighted by molar-refractivity contribution is 6.42. The van der Waals surface area contributed by atoms with Crippen LogP contribution in [0.25, 0.3) is 11.1 Å². The van der Waals surface area contributed by atoms with Crippen molar-refractivity contribution in [1.29, 1.82) is 0 Å². The molecular formula is C15H15Cl2N. The lowest BCUT2D eigenvalue weighted by molar-refractivity contribution is 0.699. The summed E-state index contributed by atoms with van der Waals surface area (Å²) < 4.78 is 0. The third-order valence-electron chi connectivity index (χ3n) is 3.01. The molecule has 0 bridgehead atoms. The maximum atomic E-state index is 6.05. The Balaban J connectivity index is 2.41. The highest BCUT2D eigenvalue weighted by Gasteiger charge is 2.06. The number of hydrogen-bond acceptors (Lipinski definition) is 1. The number of nitrogens with two attached hydrogens (primary N) is 1. The van der Waals surface area contributed by atoms with Crippen LogP contribution < -0.4 is 5.73 Å². The highest BCUT2D eigenvalue weighted by Crippen LogP contribution is 2.29. The van der Waals surface area contributed by atoms with Gasteiger partial charge in [-0.25, -0.2) is 0 Å². The molecule has 2 aromatic rings. The number of halogens is 2. The van der Waals surface area contributed by atoms with E-state index in [2.05, 4.69) is 19.1 Å². The SMILES string of the molecule is CCC(N)c1cccc(-c2ccc(Cl)c(Cl)c2)c1. The summed E-state index contributed by atoms with van der Waals surface area (Å²) in [6.07, 6.45) is 0.921. The van der Waals surface area contributed by atoms with Crippen molar-refractivity contribution in [2.45, 2.75) is 19.4 Å². The van der Waals surface area contributed by atoms with Crippen LogP contribution in [0, 0.1) is 0 Å². The molecule has 18 heavy (non-hydrogen) atoms. The molecule has 1 nitrogen and oxygen atoms in total. The molecule has 1 atom stereocenters. The second-order valence-electron chi connectivity index (χ2n) is 4.27. The van der Waals surface area contributed by atoms with Crippen LogP contribution in [0.1, 0.15) is 24.9 Å². The second-order valence-corrected chi connectivity index (χ2v) is 5.08. The van der Waals surface area contributed by atoms with Crippen LogP contribution in [0.4, 0.5) is 0 Å². The van der Waals surface area contributed by atoms with E-state index in [9.17, 15) is 0 Å². The van der Waals surface area contributed by atoms with Crippen LogP contribution in [0.5, 0.6) is 0 Å². The zero-order chi connectivity index (χ0) is 13.1. The zero-order valence-electron chi connectivity index (χ0n) is 10.2. The summed E-state index contributed by atoms with van der Waals surface area (Å²) in [5, 5.41) is 1.14. The van der Waals surface area contributed by atoms with Gasteiger partial charge in [-0.15, -0.1) is 0 Å². The summed E-state index contributed by atoms with van der Waals surface area (Å²) in [7, 11) is 0. The van der Waals surface area contributed by atoms with Crippen molar-refractivity contribution >= 4 is 23.2 Å². The van der Waals surface area contributed by atoms with Crippen LogP contribution in [-0.4, -0.2) is 0 Å². The average Bonchev–Trinajstić information content (AvgIpc) is 2.41. The molecule has 1 unspecified atom stereocenters. The molecule has 0 radical (unpaired) electrons. The Morgan fingerprint density at radius 2 is 1.72 bits per heavy atom. The molecule has 0 aliphatic carbocycles. The Kier molecular flexibility index (Phi) is 4.28. The third kappa shape index (κ3) is 2.86. The molecule has 0 aliphatic heterocycles. The van der Waals surface area contributed by atoms with Crippen molar-refractivity contribution in [3.63, 3.8) is 0 Å². The molecule has 0 fully saturated rings. The summed E-state index contributed by atoms with van der Waals surface area (Å²) in [5.41, 5.74) is 9.34. The van der Waals surface area contributed by atoms with Gasteiger partial charge in [-0.3, -0.25) is 0 Å². The molecule has 0 aromatic heterocycles. The summed E-state index contributed by atoms with van der Waals surface area (Å²) in [4.78, 5) is 0. The van der Waals surface area contributed by atoms with E-state index in [-0.39, 0.29) is 6.04 Å². The largest absolute Gasteiger partial charge is 0.324 e. The minimum atomic E-state index is 0.0766.